The molecule has 1 aromatic heterocycles. The van der Waals surface area contributed by atoms with Crippen LogP contribution in [-0.4, -0.2) is 10.9 Å². The van der Waals surface area contributed by atoms with Gasteiger partial charge in [-0.2, -0.15) is 0 Å². The van der Waals surface area contributed by atoms with Gasteiger partial charge in [0, 0.05) is 11.1 Å². The normalized spacial score (nSPS) is 12.8. The molecule has 0 unspecified atom stereocenters. The predicted molar refractivity (Wildman–Crippen MR) is 88.0 cm³/mol. The lowest BCUT2D eigenvalue weighted by Crippen LogP contribution is -2.23. The summed E-state index contributed by atoms with van der Waals surface area (Å²) in [6.07, 6.45) is 1.67. The van der Waals surface area contributed by atoms with Crippen LogP contribution < -0.4 is 5.32 Å². The van der Waals surface area contributed by atoms with Crippen molar-refractivity contribution in [1.29, 1.82) is 0 Å². The molecule has 1 N–H and O–H groups in total. The lowest BCUT2D eigenvalue weighted by Gasteiger charge is -2.04. The number of carbonyl (C=O) groups excluding carboxylic acids is 1. The van der Waals surface area contributed by atoms with Gasteiger partial charge in [-0.3, -0.25) is 4.79 Å². The number of nitrogens with one attached hydrogen (secondary N) is 1. The number of fused-ring (bicyclic) bond motifs is 1. The second-order valence-corrected chi connectivity index (χ2v) is 5.64. The third-order valence-electron chi connectivity index (χ3n) is 4.00. The standard InChI is InChI=1S/C19H16N2O3/c22-19(14-6-7-15-11-23-12-16(15)8-14)21-10-18-20-9-17(24-18)13-4-2-1-3-5-13/h1-9H,10-12H2,(H,21,22). The molecule has 24 heavy (non-hydrogen) atoms. The summed E-state index contributed by atoms with van der Waals surface area (Å²) in [4.78, 5) is 16.5. The minimum Gasteiger partial charge on any atom is -0.439 e. The van der Waals surface area contributed by atoms with Crippen LogP contribution in [0.1, 0.15) is 27.4 Å². The smallest absolute Gasteiger partial charge is 0.251 e. The van der Waals surface area contributed by atoms with Crippen molar-refractivity contribution >= 4 is 5.91 Å². The number of aromatic nitrogens is 1. The zero-order valence-corrected chi connectivity index (χ0v) is 13.0. The molecule has 2 aromatic carbocycles. The zero-order chi connectivity index (χ0) is 16.4. The number of hydrogen-bond acceptors (Lipinski definition) is 4. The molecule has 0 atom stereocenters. The molecule has 1 amide bonds. The molecule has 0 radical (unpaired) electrons. The van der Waals surface area contributed by atoms with Crippen molar-refractivity contribution in [2.45, 2.75) is 19.8 Å². The maximum absolute atomic E-state index is 12.3. The highest BCUT2D eigenvalue weighted by Gasteiger charge is 2.15. The number of oxazole rings is 1. The largest absolute Gasteiger partial charge is 0.439 e. The van der Waals surface area contributed by atoms with E-state index in [2.05, 4.69) is 10.3 Å². The number of carbonyl (C=O) groups is 1. The molecule has 1 aliphatic heterocycles. The molecule has 5 heteroatoms. The lowest BCUT2D eigenvalue weighted by atomic mass is 10.1. The van der Waals surface area contributed by atoms with E-state index >= 15 is 0 Å². The number of hydrogen-bond donors (Lipinski definition) is 1. The van der Waals surface area contributed by atoms with Gasteiger partial charge in [0.15, 0.2) is 5.76 Å². The van der Waals surface area contributed by atoms with Crippen molar-refractivity contribution in [3.8, 4) is 11.3 Å². The number of amides is 1. The molecule has 0 aliphatic carbocycles. The van der Waals surface area contributed by atoms with Gasteiger partial charge in [-0.15, -0.1) is 0 Å². The minimum atomic E-state index is -0.149. The van der Waals surface area contributed by atoms with Gasteiger partial charge < -0.3 is 14.5 Å². The quantitative estimate of drug-likeness (QED) is 0.801. The summed E-state index contributed by atoms with van der Waals surface area (Å²) in [6.45, 7) is 1.44. The van der Waals surface area contributed by atoms with Crippen molar-refractivity contribution in [3.05, 3.63) is 77.3 Å². The van der Waals surface area contributed by atoms with Crippen LogP contribution in [0.2, 0.25) is 0 Å². The topological polar surface area (TPSA) is 64.4 Å². The fraction of sp³-hybridized carbons (Fsp3) is 0.158. The van der Waals surface area contributed by atoms with Crippen molar-refractivity contribution in [3.63, 3.8) is 0 Å². The zero-order valence-electron chi connectivity index (χ0n) is 13.0. The Morgan fingerprint density at radius 1 is 1.08 bits per heavy atom. The van der Waals surface area contributed by atoms with Crippen molar-refractivity contribution < 1.29 is 13.9 Å². The van der Waals surface area contributed by atoms with E-state index in [1.54, 1.807) is 6.20 Å². The second-order valence-electron chi connectivity index (χ2n) is 5.64. The molecule has 5 nitrogen and oxygen atoms in total. The van der Waals surface area contributed by atoms with Gasteiger partial charge in [0.05, 0.1) is 26.0 Å². The van der Waals surface area contributed by atoms with Crippen LogP contribution in [0.5, 0.6) is 0 Å². The van der Waals surface area contributed by atoms with Crippen molar-refractivity contribution in [1.82, 2.24) is 10.3 Å². The first kappa shape index (κ1) is 14.7. The Kier molecular flexibility index (Phi) is 3.84. The lowest BCUT2D eigenvalue weighted by molar-refractivity contribution is 0.0947. The maximum atomic E-state index is 12.3. The van der Waals surface area contributed by atoms with Gasteiger partial charge in [0.25, 0.3) is 5.91 Å². The summed E-state index contributed by atoms with van der Waals surface area (Å²) >= 11 is 0. The summed E-state index contributed by atoms with van der Waals surface area (Å²) < 4.78 is 11.1. The molecule has 2 heterocycles. The van der Waals surface area contributed by atoms with Crippen LogP contribution in [0.25, 0.3) is 11.3 Å². The fourth-order valence-electron chi connectivity index (χ4n) is 2.70. The monoisotopic (exact) mass is 320 g/mol. The van der Waals surface area contributed by atoms with E-state index in [1.807, 2.05) is 48.5 Å². The maximum Gasteiger partial charge on any atom is 0.251 e. The van der Waals surface area contributed by atoms with E-state index in [4.69, 9.17) is 9.15 Å². The van der Waals surface area contributed by atoms with Crippen LogP contribution in [0.15, 0.2) is 59.1 Å². The van der Waals surface area contributed by atoms with Gasteiger partial charge in [0.2, 0.25) is 5.89 Å². The van der Waals surface area contributed by atoms with Gasteiger partial charge in [-0.25, -0.2) is 4.98 Å². The van der Waals surface area contributed by atoms with E-state index in [9.17, 15) is 4.79 Å². The summed E-state index contributed by atoms with van der Waals surface area (Å²) in [5.74, 6) is 1.02. The number of rotatable bonds is 4. The van der Waals surface area contributed by atoms with E-state index < -0.39 is 0 Å². The van der Waals surface area contributed by atoms with E-state index in [-0.39, 0.29) is 12.5 Å². The van der Waals surface area contributed by atoms with E-state index in [1.165, 1.54) is 0 Å². The average Bonchev–Trinajstić information content (AvgIpc) is 3.29. The first-order chi connectivity index (χ1) is 11.8. The summed E-state index contributed by atoms with van der Waals surface area (Å²) in [7, 11) is 0. The molecule has 0 saturated heterocycles. The molecular weight excluding hydrogens is 304 g/mol. The van der Waals surface area contributed by atoms with Crippen LogP contribution in [0.3, 0.4) is 0 Å². The fourth-order valence-corrected chi connectivity index (χ4v) is 2.70. The summed E-state index contributed by atoms with van der Waals surface area (Å²) in [5, 5.41) is 2.84. The summed E-state index contributed by atoms with van der Waals surface area (Å²) in [5.41, 5.74) is 3.80. The highest BCUT2D eigenvalue weighted by Crippen LogP contribution is 2.21. The third-order valence-corrected chi connectivity index (χ3v) is 4.00. The first-order valence-electron chi connectivity index (χ1n) is 7.77. The molecule has 0 fully saturated rings. The molecule has 0 spiro atoms. The van der Waals surface area contributed by atoms with E-state index in [0.29, 0.717) is 30.4 Å². The van der Waals surface area contributed by atoms with E-state index in [0.717, 1.165) is 16.7 Å². The Hall–Kier alpha value is -2.92. The number of ether oxygens (including phenoxy) is 1. The van der Waals surface area contributed by atoms with Crippen molar-refractivity contribution in [2.75, 3.05) is 0 Å². The molecular formula is C19H16N2O3. The van der Waals surface area contributed by atoms with Gasteiger partial charge in [0.1, 0.15) is 0 Å². The average molecular weight is 320 g/mol. The second kappa shape index (κ2) is 6.29. The highest BCUT2D eigenvalue weighted by molar-refractivity contribution is 5.94. The Balaban J connectivity index is 1.42. The Morgan fingerprint density at radius 3 is 2.79 bits per heavy atom. The molecule has 120 valence electrons. The Bertz CT molecular complexity index is 871. The molecule has 4 rings (SSSR count). The SMILES string of the molecule is O=C(NCc1ncc(-c2ccccc2)o1)c1ccc2c(c1)COC2. The third kappa shape index (κ3) is 2.94. The minimum absolute atomic E-state index is 0.149. The highest BCUT2D eigenvalue weighted by atomic mass is 16.5. The van der Waals surface area contributed by atoms with Gasteiger partial charge in [-0.05, 0) is 23.3 Å². The van der Waals surface area contributed by atoms with Crippen LogP contribution in [-0.2, 0) is 24.5 Å². The molecule has 0 bridgehead atoms. The van der Waals surface area contributed by atoms with Crippen molar-refractivity contribution in [2.24, 2.45) is 0 Å². The van der Waals surface area contributed by atoms with Crippen LogP contribution in [0, 0.1) is 0 Å². The van der Waals surface area contributed by atoms with Crippen LogP contribution in [0.4, 0.5) is 0 Å². The predicted octanol–water partition coefficient (Wildman–Crippen LogP) is 3.30. The first-order valence-corrected chi connectivity index (χ1v) is 7.77. The Labute approximate surface area is 139 Å². The molecule has 0 saturated carbocycles. The van der Waals surface area contributed by atoms with Gasteiger partial charge >= 0.3 is 0 Å². The number of benzene rings is 2. The van der Waals surface area contributed by atoms with Crippen LogP contribution >= 0.6 is 0 Å². The molecule has 1 aliphatic rings. The van der Waals surface area contributed by atoms with Gasteiger partial charge in [-0.1, -0.05) is 36.4 Å². The molecule has 3 aromatic rings. The summed E-state index contributed by atoms with van der Waals surface area (Å²) in [6, 6.07) is 15.4. The Morgan fingerprint density at radius 2 is 1.92 bits per heavy atom. The number of nitrogens with zero attached hydrogens (tertiary/aromatic N) is 1.